The Kier molecular flexibility index (Phi) is 3.93. The van der Waals surface area contributed by atoms with Gasteiger partial charge in [0.25, 0.3) is 0 Å². The number of nitrogens with two attached hydrogens (primary N) is 1. The van der Waals surface area contributed by atoms with Crippen molar-refractivity contribution in [2.75, 3.05) is 12.8 Å². The van der Waals surface area contributed by atoms with Crippen LogP contribution in [0.2, 0.25) is 10.0 Å². The lowest BCUT2D eigenvalue weighted by Crippen LogP contribution is -2.06. The lowest BCUT2D eigenvalue weighted by molar-refractivity contribution is 0.0594. The zero-order valence-corrected chi connectivity index (χ0v) is 11.5. The number of halogens is 2. The van der Waals surface area contributed by atoms with Gasteiger partial charge in [0, 0.05) is 10.6 Å². The number of methoxy groups -OCH3 is 1. The number of pyridine rings is 1. The van der Waals surface area contributed by atoms with Gasteiger partial charge in [0.1, 0.15) is 5.69 Å². The van der Waals surface area contributed by atoms with Crippen molar-refractivity contribution in [2.24, 2.45) is 0 Å². The quantitative estimate of drug-likeness (QED) is 0.862. The Morgan fingerprint density at radius 2 is 2.00 bits per heavy atom. The summed E-state index contributed by atoms with van der Waals surface area (Å²) < 4.78 is 4.62. The number of rotatable bonds is 2. The van der Waals surface area contributed by atoms with E-state index in [1.807, 2.05) is 0 Å². The highest BCUT2D eigenvalue weighted by atomic mass is 35.5. The molecule has 19 heavy (non-hydrogen) atoms. The van der Waals surface area contributed by atoms with Crippen molar-refractivity contribution < 1.29 is 9.53 Å². The first-order chi connectivity index (χ1) is 9.02. The number of hydrogen-bond acceptors (Lipinski definition) is 4. The Hall–Kier alpha value is -1.78. The van der Waals surface area contributed by atoms with Crippen molar-refractivity contribution in [3.8, 4) is 11.3 Å². The monoisotopic (exact) mass is 296 g/mol. The predicted molar refractivity (Wildman–Crippen MR) is 75.4 cm³/mol. The van der Waals surface area contributed by atoms with E-state index in [2.05, 4.69) is 9.72 Å². The summed E-state index contributed by atoms with van der Waals surface area (Å²) in [6.45, 7) is 0. The summed E-state index contributed by atoms with van der Waals surface area (Å²) in [5.41, 5.74) is 7.39. The van der Waals surface area contributed by atoms with Crippen molar-refractivity contribution >= 4 is 34.9 Å². The second kappa shape index (κ2) is 5.47. The lowest BCUT2D eigenvalue weighted by Gasteiger charge is -2.09. The Labute approximate surface area is 120 Å². The molecule has 0 unspecified atom stereocenters. The van der Waals surface area contributed by atoms with Crippen LogP contribution in [0.3, 0.4) is 0 Å². The molecule has 0 atom stereocenters. The third kappa shape index (κ3) is 2.80. The minimum Gasteiger partial charge on any atom is -0.464 e. The first-order valence-electron chi connectivity index (χ1n) is 5.33. The van der Waals surface area contributed by atoms with Crippen LogP contribution in [0.5, 0.6) is 0 Å². The fourth-order valence-electron chi connectivity index (χ4n) is 1.58. The molecule has 4 nitrogen and oxygen atoms in total. The molecule has 0 fully saturated rings. The number of anilines is 1. The topological polar surface area (TPSA) is 65.2 Å². The molecule has 0 saturated carbocycles. The summed E-state index contributed by atoms with van der Waals surface area (Å²) in [5.74, 6) is -0.542. The van der Waals surface area contributed by atoms with E-state index in [4.69, 9.17) is 28.9 Å². The molecule has 2 aromatic rings. The number of carbonyl (C=O) groups is 1. The third-order valence-corrected chi connectivity index (χ3v) is 3.07. The molecule has 0 aliphatic heterocycles. The maximum atomic E-state index is 11.5. The van der Waals surface area contributed by atoms with E-state index in [0.29, 0.717) is 27.0 Å². The summed E-state index contributed by atoms with van der Waals surface area (Å²) in [6, 6.07) is 8.01. The van der Waals surface area contributed by atoms with Crippen molar-refractivity contribution in [1.29, 1.82) is 0 Å². The minimum atomic E-state index is -0.542. The fraction of sp³-hybridized carbons (Fsp3) is 0.0769. The van der Waals surface area contributed by atoms with Crippen LogP contribution < -0.4 is 5.73 Å². The average molecular weight is 297 g/mol. The zero-order chi connectivity index (χ0) is 14.0. The molecule has 0 bridgehead atoms. The molecular weight excluding hydrogens is 287 g/mol. The van der Waals surface area contributed by atoms with Crippen LogP contribution in [0.1, 0.15) is 10.5 Å². The van der Waals surface area contributed by atoms with Gasteiger partial charge in [0.05, 0.1) is 23.5 Å². The van der Waals surface area contributed by atoms with E-state index in [1.54, 1.807) is 24.3 Å². The average Bonchev–Trinajstić information content (AvgIpc) is 2.41. The van der Waals surface area contributed by atoms with E-state index in [1.165, 1.54) is 13.2 Å². The summed E-state index contributed by atoms with van der Waals surface area (Å²) in [5, 5.41) is 0.953. The Morgan fingerprint density at radius 3 is 2.68 bits per heavy atom. The molecule has 0 aliphatic carbocycles. The molecule has 2 N–H and O–H groups in total. The summed E-state index contributed by atoms with van der Waals surface area (Å²) in [7, 11) is 1.28. The molecule has 98 valence electrons. The second-order valence-corrected chi connectivity index (χ2v) is 4.59. The van der Waals surface area contributed by atoms with Crippen LogP contribution in [0, 0.1) is 0 Å². The predicted octanol–water partition coefficient (Wildman–Crippen LogP) is 3.42. The first kappa shape index (κ1) is 13.6. The van der Waals surface area contributed by atoms with Crippen LogP contribution in [-0.4, -0.2) is 18.1 Å². The molecule has 1 aromatic carbocycles. The smallest absolute Gasteiger partial charge is 0.356 e. The molecule has 1 heterocycles. The van der Waals surface area contributed by atoms with E-state index < -0.39 is 5.97 Å². The molecule has 0 saturated heterocycles. The maximum Gasteiger partial charge on any atom is 0.356 e. The minimum absolute atomic E-state index is 0.155. The summed E-state index contributed by atoms with van der Waals surface area (Å²) >= 11 is 12.0. The lowest BCUT2D eigenvalue weighted by atomic mass is 10.1. The van der Waals surface area contributed by atoms with Gasteiger partial charge in [-0.05, 0) is 30.3 Å². The van der Waals surface area contributed by atoms with Gasteiger partial charge in [0.2, 0.25) is 0 Å². The number of nitrogens with zero attached hydrogens (tertiary/aromatic N) is 1. The molecule has 1 aromatic heterocycles. The standard InChI is InChI=1S/C13H10Cl2N2O2/c1-19-13(18)11-5-4-10(16)12(17-11)8-6-7(14)2-3-9(8)15/h2-6H,16H2,1H3. The van der Waals surface area contributed by atoms with Crippen LogP contribution >= 0.6 is 23.2 Å². The number of esters is 1. The number of hydrogen-bond donors (Lipinski definition) is 1. The highest BCUT2D eigenvalue weighted by Crippen LogP contribution is 2.32. The van der Waals surface area contributed by atoms with E-state index in [0.717, 1.165) is 0 Å². The number of nitrogen functional groups attached to an aromatic ring is 1. The SMILES string of the molecule is COC(=O)c1ccc(N)c(-c2cc(Cl)ccc2Cl)n1. The van der Waals surface area contributed by atoms with Crippen LogP contribution in [-0.2, 0) is 4.74 Å². The number of ether oxygens (including phenoxy) is 1. The number of carbonyl (C=O) groups excluding carboxylic acids is 1. The molecule has 0 aliphatic rings. The van der Waals surface area contributed by atoms with Gasteiger partial charge in [-0.3, -0.25) is 0 Å². The van der Waals surface area contributed by atoms with Gasteiger partial charge >= 0.3 is 5.97 Å². The summed E-state index contributed by atoms with van der Waals surface area (Å²) in [6.07, 6.45) is 0. The molecule has 2 rings (SSSR count). The third-order valence-electron chi connectivity index (χ3n) is 2.50. The largest absolute Gasteiger partial charge is 0.464 e. The molecule has 0 amide bonds. The molecule has 6 heteroatoms. The van der Waals surface area contributed by atoms with Crippen LogP contribution in [0.15, 0.2) is 30.3 Å². The van der Waals surface area contributed by atoms with Crippen molar-refractivity contribution in [1.82, 2.24) is 4.98 Å². The second-order valence-electron chi connectivity index (χ2n) is 3.75. The Balaban J connectivity index is 2.61. The highest BCUT2D eigenvalue weighted by Gasteiger charge is 2.14. The van der Waals surface area contributed by atoms with Crippen LogP contribution in [0.4, 0.5) is 5.69 Å². The first-order valence-corrected chi connectivity index (χ1v) is 6.08. The van der Waals surface area contributed by atoms with E-state index in [-0.39, 0.29) is 5.69 Å². The van der Waals surface area contributed by atoms with Gasteiger partial charge in [-0.15, -0.1) is 0 Å². The summed E-state index contributed by atoms with van der Waals surface area (Å²) in [4.78, 5) is 15.6. The normalized spacial score (nSPS) is 10.3. The maximum absolute atomic E-state index is 11.5. The fourth-order valence-corrected chi connectivity index (χ4v) is 1.96. The van der Waals surface area contributed by atoms with Crippen molar-refractivity contribution in [3.63, 3.8) is 0 Å². The van der Waals surface area contributed by atoms with Crippen molar-refractivity contribution in [3.05, 3.63) is 46.1 Å². The van der Waals surface area contributed by atoms with Gasteiger partial charge in [-0.2, -0.15) is 0 Å². The van der Waals surface area contributed by atoms with E-state index in [9.17, 15) is 4.79 Å². The highest BCUT2D eigenvalue weighted by molar-refractivity contribution is 6.35. The van der Waals surface area contributed by atoms with Gasteiger partial charge in [-0.1, -0.05) is 23.2 Å². The molecule has 0 radical (unpaired) electrons. The Bertz CT molecular complexity index is 645. The van der Waals surface area contributed by atoms with E-state index >= 15 is 0 Å². The van der Waals surface area contributed by atoms with Gasteiger partial charge in [-0.25, -0.2) is 9.78 Å². The number of benzene rings is 1. The number of aromatic nitrogens is 1. The van der Waals surface area contributed by atoms with Gasteiger partial charge in [0.15, 0.2) is 0 Å². The van der Waals surface area contributed by atoms with Crippen LogP contribution in [0.25, 0.3) is 11.3 Å². The Morgan fingerprint density at radius 1 is 1.26 bits per heavy atom. The van der Waals surface area contributed by atoms with Gasteiger partial charge < -0.3 is 10.5 Å². The zero-order valence-electron chi connectivity index (χ0n) is 9.98. The molecular formula is C13H10Cl2N2O2. The molecule has 0 spiro atoms. The van der Waals surface area contributed by atoms with Crippen molar-refractivity contribution in [2.45, 2.75) is 0 Å².